The van der Waals surface area contributed by atoms with E-state index in [-0.39, 0.29) is 17.2 Å². The highest BCUT2D eigenvalue weighted by Gasteiger charge is 2.19. The molecule has 0 heterocycles. The minimum atomic E-state index is -3.81. The van der Waals surface area contributed by atoms with Crippen molar-refractivity contribution in [3.05, 3.63) is 54.3 Å². The number of hydrogen-bond donors (Lipinski definition) is 1. The second-order valence-corrected chi connectivity index (χ2v) is 7.26. The van der Waals surface area contributed by atoms with E-state index in [4.69, 9.17) is 4.74 Å². The Bertz CT molecular complexity index is 721. The normalized spacial score (nSPS) is 11.4. The number of benzene rings is 2. The standard InChI is InChI=1S/C15H16FNO3S2/c1-20-14-8-7-12(16)11-15(14)22(18,19)17-9-10-21-13-5-3-2-4-6-13/h2-8,11,17H,9-10H2,1H3. The fourth-order valence-corrected chi connectivity index (χ4v) is 3.93. The number of hydrogen-bond acceptors (Lipinski definition) is 4. The zero-order chi connectivity index (χ0) is 16.0. The van der Waals surface area contributed by atoms with Gasteiger partial charge in [0.15, 0.2) is 0 Å². The van der Waals surface area contributed by atoms with Crippen LogP contribution in [0.1, 0.15) is 0 Å². The Kier molecular flexibility index (Phi) is 5.82. The third-order valence-corrected chi connectivity index (χ3v) is 5.32. The van der Waals surface area contributed by atoms with Crippen molar-refractivity contribution >= 4 is 21.8 Å². The average Bonchev–Trinajstić information content (AvgIpc) is 2.52. The van der Waals surface area contributed by atoms with E-state index in [9.17, 15) is 12.8 Å². The van der Waals surface area contributed by atoms with Crippen molar-refractivity contribution in [1.29, 1.82) is 0 Å². The molecular formula is C15H16FNO3S2. The molecule has 0 saturated heterocycles. The van der Waals surface area contributed by atoms with Crippen molar-refractivity contribution in [3.8, 4) is 5.75 Å². The lowest BCUT2D eigenvalue weighted by Crippen LogP contribution is -2.26. The van der Waals surface area contributed by atoms with Gasteiger partial charge < -0.3 is 4.74 Å². The number of sulfonamides is 1. The zero-order valence-electron chi connectivity index (χ0n) is 12.0. The van der Waals surface area contributed by atoms with Crippen LogP contribution in [0, 0.1) is 5.82 Å². The molecule has 0 fully saturated rings. The number of thioether (sulfide) groups is 1. The van der Waals surface area contributed by atoms with E-state index >= 15 is 0 Å². The molecule has 1 N–H and O–H groups in total. The van der Waals surface area contributed by atoms with Crippen LogP contribution in [0.3, 0.4) is 0 Å². The Labute approximate surface area is 133 Å². The summed E-state index contributed by atoms with van der Waals surface area (Å²) in [7, 11) is -2.46. The number of halogens is 1. The Balaban J connectivity index is 1.98. The fourth-order valence-electron chi connectivity index (χ4n) is 1.80. The number of rotatable bonds is 7. The lowest BCUT2D eigenvalue weighted by atomic mass is 10.3. The SMILES string of the molecule is COc1ccc(F)cc1S(=O)(=O)NCCSc1ccccc1. The van der Waals surface area contributed by atoms with Gasteiger partial charge in [0.1, 0.15) is 16.5 Å². The van der Waals surface area contributed by atoms with Gasteiger partial charge in [0, 0.05) is 17.2 Å². The molecule has 2 aromatic carbocycles. The summed E-state index contributed by atoms with van der Waals surface area (Å²) in [6, 6.07) is 13.1. The molecule has 22 heavy (non-hydrogen) atoms. The van der Waals surface area contributed by atoms with E-state index in [1.54, 1.807) is 0 Å². The molecule has 0 aliphatic carbocycles. The predicted octanol–water partition coefficient (Wildman–Crippen LogP) is 2.90. The van der Waals surface area contributed by atoms with Gasteiger partial charge in [0.2, 0.25) is 10.0 Å². The lowest BCUT2D eigenvalue weighted by molar-refractivity contribution is 0.400. The Morgan fingerprint density at radius 3 is 2.59 bits per heavy atom. The third kappa shape index (κ3) is 4.46. The molecule has 7 heteroatoms. The van der Waals surface area contributed by atoms with Crippen LogP contribution >= 0.6 is 11.8 Å². The first-order valence-electron chi connectivity index (χ1n) is 6.54. The maximum atomic E-state index is 13.3. The lowest BCUT2D eigenvalue weighted by Gasteiger charge is -2.10. The van der Waals surface area contributed by atoms with Crippen molar-refractivity contribution in [2.75, 3.05) is 19.4 Å². The van der Waals surface area contributed by atoms with Gasteiger partial charge in [-0.3, -0.25) is 0 Å². The van der Waals surface area contributed by atoms with Gasteiger partial charge in [-0.2, -0.15) is 0 Å². The molecule has 0 bridgehead atoms. The first kappa shape index (κ1) is 16.8. The van der Waals surface area contributed by atoms with Crippen LogP contribution in [0.4, 0.5) is 4.39 Å². The summed E-state index contributed by atoms with van der Waals surface area (Å²) in [5.74, 6) is 0.0605. The molecule has 0 aromatic heterocycles. The monoisotopic (exact) mass is 341 g/mol. The molecule has 0 amide bonds. The minimum absolute atomic E-state index is 0.115. The number of nitrogens with one attached hydrogen (secondary N) is 1. The molecule has 0 saturated carbocycles. The second-order valence-electron chi connectivity index (χ2n) is 4.35. The highest BCUT2D eigenvalue weighted by Crippen LogP contribution is 2.24. The molecule has 0 atom stereocenters. The maximum Gasteiger partial charge on any atom is 0.244 e. The zero-order valence-corrected chi connectivity index (χ0v) is 13.6. The van der Waals surface area contributed by atoms with Crippen molar-refractivity contribution in [3.63, 3.8) is 0 Å². The summed E-state index contributed by atoms with van der Waals surface area (Å²) in [6.45, 7) is 0.238. The Morgan fingerprint density at radius 2 is 1.91 bits per heavy atom. The molecule has 0 aliphatic heterocycles. The highest BCUT2D eigenvalue weighted by atomic mass is 32.2. The van der Waals surface area contributed by atoms with Crippen LogP contribution in [0.15, 0.2) is 58.3 Å². The van der Waals surface area contributed by atoms with Crippen molar-refractivity contribution in [2.45, 2.75) is 9.79 Å². The van der Waals surface area contributed by atoms with Gasteiger partial charge >= 0.3 is 0 Å². The number of methoxy groups -OCH3 is 1. The van der Waals surface area contributed by atoms with E-state index in [1.807, 2.05) is 30.3 Å². The van der Waals surface area contributed by atoms with Gasteiger partial charge in [-0.1, -0.05) is 18.2 Å². The Morgan fingerprint density at radius 1 is 1.18 bits per heavy atom. The van der Waals surface area contributed by atoms with Gasteiger partial charge in [-0.15, -0.1) is 11.8 Å². The highest BCUT2D eigenvalue weighted by molar-refractivity contribution is 7.99. The summed E-state index contributed by atoms with van der Waals surface area (Å²) in [5, 5.41) is 0. The summed E-state index contributed by atoms with van der Waals surface area (Å²) in [5.41, 5.74) is 0. The molecule has 0 unspecified atom stereocenters. The Hall–Kier alpha value is -1.57. The van der Waals surface area contributed by atoms with Crippen LogP contribution in [-0.2, 0) is 10.0 Å². The van der Waals surface area contributed by atoms with Crippen molar-refractivity contribution in [1.82, 2.24) is 4.72 Å². The molecule has 118 valence electrons. The molecule has 4 nitrogen and oxygen atoms in total. The summed E-state index contributed by atoms with van der Waals surface area (Å²) in [4.78, 5) is 0.866. The molecule has 2 aromatic rings. The molecule has 2 rings (SSSR count). The quantitative estimate of drug-likeness (QED) is 0.621. The summed E-state index contributed by atoms with van der Waals surface area (Å²) < 4.78 is 45.1. The molecule has 0 aliphatic rings. The van der Waals surface area contributed by atoms with Gasteiger partial charge in [0.05, 0.1) is 7.11 Å². The first-order chi connectivity index (χ1) is 10.5. The third-order valence-electron chi connectivity index (χ3n) is 2.82. The van der Waals surface area contributed by atoms with Crippen LogP contribution < -0.4 is 9.46 Å². The minimum Gasteiger partial charge on any atom is -0.495 e. The van der Waals surface area contributed by atoms with E-state index in [0.717, 1.165) is 17.0 Å². The van der Waals surface area contributed by atoms with Crippen LogP contribution in [0.5, 0.6) is 5.75 Å². The fraction of sp³-hybridized carbons (Fsp3) is 0.200. The van der Waals surface area contributed by atoms with E-state index < -0.39 is 15.8 Å². The van der Waals surface area contributed by atoms with E-state index in [0.29, 0.717) is 5.75 Å². The van der Waals surface area contributed by atoms with Gasteiger partial charge in [-0.25, -0.2) is 17.5 Å². The maximum absolute atomic E-state index is 13.3. The topological polar surface area (TPSA) is 55.4 Å². The molecule has 0 radical (unpaired) electrons. The van der Waals surface area contributed by atoms with Crippen molar-refractivity contribution in [2.24, 2.45) is 0 Å². The van der Waals surface area contributed by atoms with Crippen LogP contribution in [0.25, 0.3) is 0 Å². The average molecular weight is 341 g/mol. The van der Waals surface area contributed by atoms with Crippen LogP contribution in [-0.4, -0.2) is 27.8 Å². The summed E-state index contributed by atoms with van der Waals surface area (Å²) in [6.07, 6.45) is 0. The second kappa shape index (κ2) is 7.62. The summed E-state index contributed by atoms with van der Waals surface area (Å²) >= 11 is 1.54. The van der Waals surface area contributed by atoms with Crippen LogP contribution in [0.2, 0.25) is 0 Å². The van der Waals surface area contributed by atoms with Gasteiger partial charge in [-0.05, 0) is 30.3 Å². The number of ether oxygens (including phenoxy) is 1. The first-order valence-corrected chi connectivity index (χ1v) is 9.01. The van der Waals surface area contributed by atoms with E-state index in [1.165, 1.54) is 24.9 Å². The smallest absolute Gasteiger partial charge is 0.244 e. The predicted molar refractivity (Wildman–Crippen MR) is 85.3 cm³/mol. The van der Waals surface area contributed by atoms with Crippen molar-refractivity contribution < 1.29 is 17.5 Å². The largest absolute Gasteiger partial charge is 0.495 e. The molecule has 0 spiro atoms. The van der Waals surface area contributed by atoms with Gasteiger partial charge in [0.25, 0.3) is 0 Å². The molecular weight excluding hydrogens is 325 g/mol. The van der Waals surface area contributed by atoms with E-state index in [2.05, 4.69) is 4.72 Å².